The molecule has 1 unspecified atom stereocenters. The summed E-state index contributed by atoms with van der Waals surface area (Å²) < 4.78 is 11.0. The van der Waals surface area contributed by atoms with Gasteiger partial charge in [0, 0.05) is 6.04 Å². The fraction of sp³-hybridized carbons (Fsp3) is 0.333. The van der Waals surface area contributed by atoms with E-state index in [0.29, 0.717) is 13.2 Å². The number of hydrazine groups is 1. The van der Waals surface area contributed by atoms with Crippen LogP contribution in [0.2, 0.25) is 0 Å². The van der Waals surface area contributed by atoms with E-state index in [9.17, 15) is 0 Å². The van der Waals surface area contributed by atoms with Crippen LogP contribution < -0.4 is 20.7 Å². The molecule has 86 valence electrons. The van der Waals surface area contributed by atoms with E-state index in [0.717, 1.165) is 23.5 Å². The normalized spacial score (nSPS) is 15.6. The van der Waals surface area contributed by atoms with Crippen molar-refractivity contribution in [3.8, 4) is 11.5 Å². The molecule has 0 bridgehead atoms. The third-order valence-electron chi connectivity index (χ3n) is 2.57. The van der Waals surface area contributed by atoms with Crippen molar-refractivity contribution in [2.45, 2.75) is 12.5 Å². The first-order valence-electron chi connectivity index (χ1n) is 5.31. The summed E-state index contributed by atoms with van der Waals surface area (Å²) in [7, 11) is 0. The van der Waals surface area contributed by atoms with Crippen molar-refractivity contribution < 1.29 is 9.47 Å². The van der Waals surface area contributed by atoms with Crippen molar-refractivity contribution in [2.24, 2.45) is 5.84 Å². The van der Waals surface area contributed by atoms with Gasteiger partial charge in [0.05, 0.1) is 0 Å². The first-order valence-corrected chi connectivity index (χ1v) is 5.31. The van der Waals surface area contributed by atoms with Crippen LogP contribution in [-0.4, -0.2) is 13.2 Å². The number of fused-ring (bicyclic) bond motifs is 1. The number of rotatable bonds is 4. The monoisotopic (exact) mass is 220 g/mol. The van der Waals surface area contributed by atoms with E-state index in [2.05, 4.69) is 12.0 Å². The van der Waals surface area contributed by atoms with Gasteiger partial charge in [0.15, 0.2) is 11.5 Å². The second-order valence-electron chi connectivity index (χ2n) is 3.65. The van der Waals surface area contributed by atoms with Crippen molar-refractivity contribution in [1.29, 1.82) is 0 Å². The van der Waals surface area contributed by atoms with Gasteiger partial charge < -0.3 is 9.47 Å². The Hall–Kier alpha value is -1.52. The molecule has 0 amide bonds. The van der Waals surface area contributed by atoms with Crippen molar-refractivity contribution >= 4 is 0 Å². The smallest absolute Gasteiger partial charge is 0.161 e. The highest BCUT2D eigenvalue weighted by Gasteiger charge is 2.15. The van der Waals surface area contributed by atoms with Gasteiger partial charge in [-0.05, 0) is 24.1 Å². The Labute approximate surface area is 95.0 Å². The molecular weight excluding hydrogens is 204 g/mol. The molecule has 0 spiro atoms. The van der Waals surface area contributed by atoms with Crippen LogP contribution in [0.3, 0.4) is 0 Å². The van der Waals surface area contributed by atoms with E-state index < -0.39 is 0 Å². The number of ether oxygens (including phenoxy) is 2. The third-order valence-corrected chi connectivity index (χ3v) is 2.57. The average molecular weight is 220 g/mol. The summed E-state index contributed by atoms with van der Waals surface area (Å²) in [6.07, 6.45) is 2.61. The Morgan fingerprint density at radius 1 is 1.38 bits per heavy atom. The zero-order valence-electron chi connectivity index (χ0n) is 9.11. The standard InChI is InChI=1S/C12H16N2O2/c1-2-3-10(14-13)9-4-5-11-12(8-9)16-7-6-15-11/h2,4-5,8,10,14H,1,3,6-7,13H2. The molecule has 2 rings (SSSR count). The Morgan fingerprint density at radius 3 is 2.81 bits per heavy atom. The Bertz CT molecular complexity index is 379. The van der Waals surface area contributed by atoms with E-state index in [-0.39, 0.29) is 6.04 Å². The number of nitrogens with one attached hydrogen (secondary N) is 1. The van der Waals surface area contributed by atoms with Crippen LogP contribution in [0.4, 0.5) is 0 Å². The molecule has 1 heterocycles. The van der Waals surface area contributed by atoms with Crippen LogP contribution in [0.15, 0.2) is 30.9 Å². The van der Waals surface area contributed by atoms with E-state index in [1.165, 1.54) is 0 Å². The highest BCUT2D eigenvalue weighted by Crippen LogP contribution is 2.33. The maximum Gasteiger partial charge on any atom is 0.161 e. The summed E-state index contributed by atoms with van der Waals surface area (Å²) in [5, 5.41) is 0. The molecule has 0 aromatic heterocycles. The Morgan fingerprint density at radius 2 is 2.12 bits per heavy atom. The van der Waals surface area contributed by atoms with E-state index >= 15 is 0 Å². The van der Waals surface area contributed by atoms with Gasteiger partial charge >= 0.3 is 0 Å². The summed E-state index contributed by atoms with van der Waals surface area (Å²) >= 11 is 0. The molecule has 0 aliphatic carbocycles. The van der Waals surface area contributed by atoms with Crippen LogP contribution in [0.5, 0.6) is 11.5 Å². The van der Waals surface area contributed by atoms with Crippen molar-refractivity contribution in [1.82, 2.24) is 5.43 Å². The highest BCUT2D eigenvalue weighted by atomic mass is 16.6. The van der Waals surface area contributed by atoms with Crippen LogP contribution in [0.25, 0.3) is 0 Å². The van der Waals surface area contributed by atoms with Gasteiger partial charge in [-0.1, -0.05) is 12.1 Å². The highest BCUT2D eigenvalue weighted by molar-refractivity contribution is 5.44. The molecule has 16 heavy (non-hydrogen) atoms. The molecule has 3 N–H and O–H groups in total. The second-order valence-corrected chi connectivity index (χ2v) is 3.65. The summed E-state index contributed by atoms with van der Waals surface area (Å²) in [5.74, 6) is 7.08. The Balaban J connectivity index is 2.24. The minimum Gasteiger partial charge on any atom is -0.486 e. The number of hydrogen-bond acceptors (Lipinski definition) is 4. The van der Waals surface area contributed by atoms with Gasteiger partial charge in [-0.3, -0.25) is 11.3 Å². The predicted octanol–water partition coefficient (Wildman–Crippen LogP) is 1.54. The molecule has 4 heteroatoms. The fourth-order valence-electron chi connectivity index (χ4n) is 1.74. The number of hydrogen-bond donors (Lipinski definition) is 2. The lowest BCUT2D eigenvalue weighted by molar-refractivity contribution is 0.171. The zero-order chi connectivity index (χ0) is 11.4. The SMILES string of the molecule is C=CCC(NN)c1ccc2c(c1)OCCO2. The quantitative estimate of drug-likeness (QED) is 0.459. The first-order chi connectivity index (χ1) is 7.85. The summed E-state index contributed by atoms with van der Waals surface area (Å²) in [6.45, 7) is 4.91. The van der Waals surface area contributed by atoms with Gasteiger partial charge in [-0.25, -0.2) is 0 Å². The number of benzene rings is 1. The Kier molecular flexibility index (Phi) is 3.44. The lowest BCUT2D eigenvalue weighted by Crippen LogP contribution is -2.27. The molecule has 1 atom stereocenters. The fourth-order valence-corrected chi connectivity index (χ4v) is 1.74. The molecule has 1 aromatic carbocycles. The topological polar surface area (TPSA) is 56.5 Å². The molecule has 0 radical (unpaired) electrons. The molecule has 0 saturated carbocycles. The molecule has 0 saturated heterocycles. The van der Waals surface area contributed by atoms with Gasteiger partial charge in [-0.15, -0.1) is 6.58 Å². The average Bonchev–Trinajstić information content (AvgIpc) is 2.35. The van der Waals surface area contributed by atoms with Crippen molar-refractivity contribution in [3.63, 3.8) is 0 Å². The summed E-state index contributed by atoms with van der Waals surface area (Å²) in [4.78, 5) is 0. The summed E-state index contributed by atoms with van der Waals surface area (Å²) in [5.41, 5.74) is 3.83. The zero-order valence-corrected chi connectivity index (χ0v) is 9.11. The van der Waals surface area contributed by atoms with Crippen LogP contribution in [-0.2, 0) is 0 Å². The summed E-state index contributed by atoms with van der Waals surface area (Å²) in [6, 6.07) is 5.93. The minimum atomic E-state index is 0.0633. The minimum absolute atomic E-state index is 0.0633. The molecular formula is C12H16N2O2. The molecule has 1 aromatic rings. The van der Waals surface area contributed by atoms with Crippen LogP contribution in [0, 0.1) is 0 Å². The van der Waals surface area contributed by atoms with Gasteiger partial charge in [-0.2, -0.15) is 0 Å². The van der Waals surface area contributed by atoms with E-state index in [1.54, 1.807) is 0 Å². The lowest BCUT2D eigenvalue weighted by atomic mass is 10.0. The lowest BCUT2D eigenvalue weighted by Gasteiger charge is -2.21. The van der Waals surface area contributed by atoms with E-state index in [4.69, 9.17) is 15.3 Å². The maximum absolute atomic E-state index is 5.52. The van der Waals surface area contributed by atoms with Crippen LogP contribution >= 0.6 is 0 Å². The van der Waals surface area contributed by atoms with Gasteiger partial charge in [0.25, 0.3) is 0 Å². The van der Waals surface area contributed by atoms with Crippen molar-refractivity contribution in [2.75, 3.05) is 13.2 Å². The molecule has 1 aliphatic heterocycles. The van der Waals surface area contributed by atoms with Gasteiger partial charge in [0.2, 0.25) is 0 Å². The molecule has 1 aliphatic rings. The number of nitrogens with two attached hydrogens (primary N) is 1. The van der Waals surface area contributed by atoms with E-state index in [1.807, 2.05) is 24.3 Å². The van der Waals surface area contributed by atoms with Gasteiger partial charge in [0.1, 0.15) is 13.2 Å². The van der Waals surface area contributed by atoms with Crippen molar-refractivity contribution in [3.05, 3.63) is 36.4 Å². The molecule has 0 fully saturated rings. The molecule has 4 nitrogen and oxygen atoms in total. The first kappa shape index (κ1) is 11.0. The predicted molar refractivity (Wildman–Crippen MR) is 62.3 cm³/mol. The third kappa shape index (κ3) is 2.18. The largest absolute Gasteiger partial charge is 0.486 e. The van der Waals surface area contributed by atoms with Crippen LogP contribution in [0.1, 0.15) is 18.0 Å². The second kappa shape index (κ2) is 5.01. The maximum atomic E-state index is 5.52.